The molecule has 0 N–H and O–H groups in total. The summed E-state index contributed by atoms with van der Waals surface area (Å²) in [6.45, 7) is 2.76. The smallest absolute Gasteiger partial charge is 0.215 e. The quantitative estimate of drug-likeness (QED) is 0.677. The second kappa shape index (κ2) is 5.99. The third-order valence-electron chi connectivity index (χ3n) is 3.19. The summed E-state index contributed by atoms with van der Waals surface area (Å²) in [5.74, 6) is 1.76. The number of aromatic nitrogens is 4. The zero-order valence-corrected chi connectivity index (χ0v) is 13.4. The number of ether oxygens (including phenoxy) is 1. The first kappa shape index (κ1) is 14.3. The van der Waals surface area contributed by atoms with Gasteiger partial charge in [-0.25, -0.2) is 9.97 Å². The summed E-state index contributed by atoms with van der Waals surface area (Å²) < 4.78 is 7.23. The van der Waals surface area contributed by atoms with Gasteiger partial charge in [0.25, 0.3) is 0 Å². The van der Waals surface area contributed by atoms with E-state index in [1.165, 1.54) is 0 Å². The van der Waals surface area contributed by atoms with Crippen LogP contribution in [0.15, 0.2) is 17.5 Å². The lowest BCUT2D eigenvalue weighted by Gasteiger charge is -2.06. The number of fused-ring (bicyclic) bond motifs is 1. The van der Waals surface area contributed by atoms with E-state index in [2.05, 4.69) is 20.3 Å². The number of aryl methyl sites for hydroxylation is 3. The third-order valence-corrected chi connectivity index (χ3v) is 4.46. The zero-order chi connectivity index (χ0) is 14.8. The second-order valence-electron chi connectivity index (χ2n) is 4.64. The SMILES string of the molecule is COc1ccc2nc(CCl)n(CCc3nc(C)cs3)c2n1. The van der Waals surface area contributed by atoms with Gasteiger partial charge in [0.05, 0.1) is 18.0 Å². The molecule has 0 aromatic carbocycles. The number of alkyl halides is 1. The van der Waals surface area contributed by atoms with E-state index in [0.29, 0.717) is 11.8 Å². The van der Waals surface area contributed by atoms with E-state index in [9.17, 15) is 0 Å². The highest BCUT2D eigenvalue weighted by Crippen LogP contribution is 2.20. The van der Waals surface area contributed by atoms with Crippen LogP contribution in [0.2, 0.25) is 0 Å². The fourth-order valence-corrected chi connectivity index (χ4v) is 3.18. The molecule has 0 fully saturated rings. The molecule has 3 aromatic heterocycles. The van der Waals surface area contributed by atoms with E-state index < -0.39 is 0 Å². The van der Waals surface area contributed by atoms with Gasteiger partial charge in [0.2, 0.25) is 5.88 Å². The summed E-state index contributed by atoms with van der Waals surface area (Å²) in [4.78, 5) is 13.5. The number of hydrogen-bond acceptors (Lipinski definition) is 5. The van der Waals surface area contributed by atoms with E-state index >= 15 is 0 Å². The summed E-state index contributed by atoms with van der Waals surface area (Å²) in [5, 5.41) is 3.17. The van der Waals surface area contributed by atoms with E-state index in [4.69, 9.17) is 16.3 Å². The minimum absolute atomic E-state index is 0.357. The van der Waals surface area contributed by atoms with Crippen LogP contribution in [-0.4, -0.2) is 26.6 Å². The van der Waals surface area contributed by atoms with Crippen LogP contribution in [0.5, 0.6) is 5.88 Å². The molecular weight excluding hydrogens is 308 g/mol. The topological polar surface area (TPSA) is 52.8 Å². The lowest BCUT2D eigenvalue weighted by molar-refractivity contribution is 0.399. The number of methoxy groups -OCH3 is 1. The Balaban J connectivity index is 1.94. The third kappa shape index (κ3) is 2.87. The Morgan fingerprint density at radius 1 is 1.29 bits per heavy atom. The highest BCUT2D eigenvalue weighted by molar-refractivity contribution is 7.09. The molecule has 0 saturated heterocycles. The maximum atomic E-state index is 6.01. The number of hydrogen-bond donors (Lipinski definition) is 0. The fourth-order valence-electron chi connectivity index (χ4n) is 2.21. The summed E-state index contributed by atoms with van der Waals surface area (Å²) in [6.07, 6.45) is 0.840. The van der Waals surface area contributed by atoms with Gasteiger partial charge < -0.3 is 9.30 Å². The lowest BCUT2D eigenvalue weighted by atomic mass is 10.4. The molecule has 0 spiro atoms. The Morgan fingerprint density at radius 3 is 2.81 bits per heavy atom. The highest BCUT2D eigenvalue weighted by Gasteiger charge is 2.13. The maximum Gasteiger partial charge on any atom is 0.215 e. The second-order valence-corrected chi connectivity index (χ2v) is 5.85. The van der Waals surface area contributed by atoms with Gasteiger partial charge in [-0.1, -0.05) is 0 Å². The predicted octanol–water partition coefficient (Wildman–Crippen LogP) is 3.19. The predicted molar refractivity (Wildman–Crippen MR) is 84.2 cm³/mol. The largest absolute Gasteiger partial charge is 0.481 e. The number of pyridine rings is 1. The summed E-state index contributed by atoms with van der Waals surface area (Å²) in [6, 6.07) is 3.71. The fraction of sp³-hybridized carbons (Fsp3) is 0.357. The number of imidazole rings is 1. The van der Waals surface area contributed by atoms with Gasteiger partial charge in [-0.3, -0.25) is 0 Å². The summed E-state index contributed by atoms with van der Waals surface area (Å²) in [5.41, 5.74) is 2.70. The first-order valence-electron chi connectivity index (χ1n) is 6.58. The molecule has 0 radical (unpaired) electrons. The van der Waals surface area contributed by atoms with Crippen molar-refractivity contribution < 1.29 is 4.74 Å². The van der Waals surface area contributed by atoms with Crippen molar-refractivity contribution in [3.8, 4) is 5.88 Å². The first-order chi connectivity index (χ1) is 10.2. The van der Waals surface area contributed by atoms with Crippen LogP contribution >= 0.6 is 22.9 Å². The van der Waals surface area contributed by atoms with Crippen LogP contribution in [0.25, 0.3) is 11.2 Å². The zero-order valence-electron chi connectivity index (χ0n) is 11.8. The van der Waals surface area contributed by atoms with Gasteiger partial charge in [-0.15, -0.1) is 22.9 Å². The Morgan fingerprint density at radius 2 is 2.14 bits per heavy atom. The van der Waals surface area contributed by atoms with Crippen molar-refractivity contribution in [2.75, 3.05) is 7.11 Å². The first-order valence-corrected chi connectivity index (χ1v) is 8.00. The molecule has 0 aliphatic heterocycles. The van der Waals surface area contributed by atoms with Crippen molar-refractivity contribution in [2.45, 2.75) is 25.8 Å². The molecule has 5 nitrogen and oxygen atoms in total. The van der Waals surface area contributed by atoms with E-state index in [1.54, 1.807) is 18.4 Å². The Bertz CT molecular complexity index is 768. The van der Waals surface area contributed by atoms with Crippen molar-refractivity contribution in [3.63, 3.8) is 0 Å². The molecule has 3 aromatic rings. The minimum atomic E-state index is 0.357. The molecule has 7 heteroatoms. The van der Waals surface area contributed by atoms with Crippen LogP contribution in [0, 0.1) is 6.92 Å². The van der Waals surface area contributed by atoms with Gasteiger partial charge in [0.15, 0.2) is 5.65 Å². The molecule has 0 saturated carbocycles. The molecule has 3 rings (SSSR count). The van der Waals surface area contributed by atoms with Crippen molar-refractivity contribution >= 4 is 34.1 Å². The van der Waals surface area contributed by atoms with Crippen LogP contribution in [0.1, 0.15) is 16.5 Å². The van der Waals surface area contributed by atoms with Gasteiger partial charge in [-0.2, -0.15) is 4.98 Å². The maximum absolute atomic E-state index is 6.01. The normalized spacial score (nSPS) is 11.2. The average Bonchev–Trinajstić information content (AvgIpc) is 3.07. The number of nitrogens with zero attached hydrogens (tertiary/aromatic N) is 4. The number of rotatable bonds is 5. The monoisotopic (exact) mass is 322 g/mol. The van der Waals surface area contributed by atoms with Crippen LogP contribution < -0.4 is 4.74 Å². The van der Waals surface area contributed by atoms with Gasteiger partial charge in [0, 0.05) is 30.1 Å². The van der Waals surface area contributed by atoms with Gasteiger partial charge in [-0.05, 0) is 13.0 Å². The summed E-state index contributed by atoms with van der Waals surface area (Å²) >= 11 is 7.68. The van der Waals surface area contributed by atoms with Crippen molar-refractivity contribution in [3.05, 3.63) is 34.0 Å². The van der Waals surface area contributed by atoms with Crippen molar-refractivity contribution in [1.29, 1.82) is 0 Å². The van der Waals surface area contributed by atoms with Crippen LogP contribution in [0.4, 0.5) is 0 Å². The highest BCUT2D eigenvalue weighted by atomic mass is 35.5. The molecule has 3 heterocycles. The van der Waals surface area contributed by atoms with Crippen molar-refractivity contribution in [1.82, 2.24) is 19.5 Å². The molecular formula is C14H15ClN4OS. The van der Waals surface area contributed by atoms with E-state index in [-0.39, 0.29) is 0 Å². The number of halogens is 1. The Labute approximate surface area is 131 Å². The molecule has 0 atom stereocenters. The molecule has 21 heavy (non-hydrogen) atoms. The molecule has 0 aliphatic rings. The molecule has 0 amide bonds. The minimum Gasteiger partial charge on any atom is -0.481 e. The molecule has 0 unspecified atom stereocenters. The van der Waals surface area contributed by atoms with Crippen LogP contribution in [0.3, 0.4) is 0 Å². The van der Waals surface area contributed by atoms with Crippen molar-refractivity contribution in [2.24, 2.45) is 0 Å². The molecule has 0 bridgehead atoms. The summed E-state index contributed by atoms with van der Waals surface area (Å²) in [7, 11) is 1.61. The average molecular weight is 323 g/mol. The molecule has 110 valence electrons. The van der Waals surface area contributed by atoms with E-state index in [1.807, 2.05) is 23.6 Å². The van der Waals surface area contributed by atoms with Gasteiger partial charge in [0.1, 0.15) is 11.3 Å². The standard InChI is InChI=1S/C14H15ClN4OS/c1-9-8-21-13(16-9)5-6-19-11(7-15)17-10-3-4-12(20-2)18-14(10)19/h3-4,8H,5-7H2,1-2H3. The Kier molecular flexibility index (Phi) is 4.07. The van der Waals surface area contributed by atoms with Crippen LogP contribution in [-0.2, 0) is 18.8 Å². The lowest BCUT2D eigenvalue weighted by Crippen LogP contribution is -2.06. The molecule has 0 aliphatic carbocycles. The van der Waals surface area contributed by atoms with E-state index in [0.717, 1.165) is 40.7 Å². The Hall–Kier alpha value is -1.66. The number of thiazole rings is 1. The van der Waals surface area contributed by atoms with Gasteiger partial charge >= 0.3 is 0 Å².